The van der Waals surface area contributed by atoms with Crippen molar-refractivity contribution >= 4 is 11.8 Å². The van der Waals surface area contributed by atoms with E-state index in [0.29, 0.717) is 19.1 Å². The van der Waals surface area contributed by atoms with Crippen molar-refractivity contribution in [2.24, 2.45) is 0 Å². The van der Waals surface area contributed by atoms with Gasteiger partial charge in [0.15, 0.2) is 0 Å². The van der Waals surface area contributed by atoms with Crippen LogP contribution in [0.5, 0.6) is 5.75 Å². The molecule has 0 atom stereocenters. The van der Waals surface area contributed by atoms with Crippen LogP contribution in [0.15, 0.2) is 24.3 Å². The molecule has 0 radical (unpaired) electrons. The topological polar surface area (TPSA) is 42.0 Å². The van der Waals surface area contributed by atoms with E-state index < -0.39 is 5.60 Å². The summed E-state index contributed by atoms with van der Waals surface area (Å²) < 4.78 is 11.3. The Morgan fingerprint density at radius 1 is 1.08 bits per heavy atom. The molecule has 0 aliphatic carbocycles. The molecule has 0 N–H and O–H groups in total. The molecule has 0 saturated carbocycles. The van der Waals surface area contributed by atoms with Crippen LogP contribution in [0.2, 0.25) is 0 Å². The second-order valence-electron chi connectivity index (χ2n) is 8.53. The molecule has 1 saturated heterocycles. The molecule has 1 aromatic carbocycles. The van der Waals surface area contributed by atoms with Crippen LogP contribution in [0.25, 0.3) is 0 Å². The van der Waals surface area contributed by atoms with Crippen molar-refractivity contribution in [3.8, 4) is 5.75 Å². The lowest BCUT2D eigenvalue weighted by molar-refractivity contribution is 0.00818. The summed E-state index contributed by atoms with van der Waals surface area (Å²) in [5, 5.41) is 0. The fourth-order valence-corrected chi connectivity index (χ4v) is 2.84. The number of likely N-dealkylation sites (tertiary alicyclic amines) is 1. The van der Waals surface area contributed by atoms with Crippen molar-refractivity contribution in [2.75, 3.05) is 24.5 Å². The van der Waals surface area contributed by atoms with Gasteiger partial charge in [0.2, 0.25) is 0 Å². The van der Waals surface area contributed by atoms with Crippen molar-refractivity contribution in [1.82, 2.24) is 4.90 Å². The maximum absolute atomic E-state index is 12.1. The SMILES string of the molecule is CCN(c1ccc(OC(C)(C)C)cc1)C1CN(C(=O)OC(C)(C)C)C1. The number of amides is 1. The molecule has 5 heteroatoms. The maximum Gasteiger partial charge on any atom is 0.410 e. The predicted molar refractivity (Wildman–Crippen MR) is 101 cm³/mol. The number of hydrogen-bond acceptors (Lipinski definition) is 4. The number of hydrogen-bond donors (Lipinski definition) is 0. The lowest BCUT2D eigenvalue weighted by atomic mass is 10.1. The van der Waals surface area contributed by atoms with Crippen LogP contribution in [0.1, 0.15) is 48.5 Å². The van der Waals surface area contributed by atoms with E-state index in [1.165, 1.54) is 0 Å². The molecule has 25 heavy (non-hydrogen) atoms. The second kappa shape index (κ2) is 7.14. The van der Waals surface area contributed by atoms with Gasteiger partial charge in [-0.05, 0) is 72.7 Å². The monoisotopic (exact) mass is 348 g/mol. The molecular weight excluding hydrogens is 316 g/mol. The van der Waals surface area contributed by atoms with E-state index in [1.54, 1.807) is 4.90 Å². The second-order valence-corrected chi connectivity index (χ2v) is 8.53. The summed E-state index contributed by atoms with van der Waals surface area (Å²) in [5.74, 6) is 0.872. The molecule has 1 amide bonds. The number of likely N-dealkylation sites (N-methyl/N-ethyl adjacent to an activating group) is 1. The van der Waals surface area contributed by atoms with E-state index >= 15 is 0 Å². The van der Waals surface area contributed by atoms with Crippen molar-refractivity contribution in [1.29, 1.82) is 0 Å². The van der Waals surface area contributed by atoms with Crippen LogP contribution < -0.4 is 9.64 Å². The molecule has 0 spiro atoms. The highest BCUT2D eigenvalue weighted by atomic mass is 16.6. The lowest BCUT2D eigenvalue weighted by Gasteiger charge is -2.46. The molecule has 0 unspecified atom stereocenters. The predicted octanol–water partition coefficient (Wildman–Crippen LogP) is 4.31. The Balaban J connectivity index is 1.94. The van der Waals surface area contributed by atoms with E-state index in [2.05, 4.69) is 24.0 Å². The van der Waals surface area contributed by atoms with Crippen LogP contribution in [-0.4, -0.2) is 47.9 Å². The summed E-state index contributed by atoms with van der Waals surface area (Å²) in [5.41, 5.74) is 0.501. The number of carbonyl (C=O) groups excluding carboxylic acids is 1. The highest BCUT2D eigenvalue weighted by Gasteiger charge is 2.36. The van der Waals surface area contributed by atoms with Gasteiger partial charge in [-0.2, -0.15) is 0 Å². The first-order valence-corrected chi connectivity index (χ1v) is 9.02. The highest BCUT2D eigenvalue weighted by molar-refractivity contribution is 5.70. The van der Waals surface area contributed by atoms with Crippen molar-refractivity contribution in [3.05, 3.63) is 24.3 Å². The minimum absolute atomic E-state index is 0.201. The van der Waals surface area contributed by atoms with Gasteiger partial charge in [-0.15, -0.1) is 0 Å². The average molecular weight is 348 g/mol. The minimum atomic E-state index is -0.449. The standard InChI is InChI=1S/C20H32N2O3/c1-8-22(15-9-11-17(12-10-15)24-19(2,3)4)16-13-21(14-16)18(23)25-20(5,6)7/h9-12,16H,8,13-14H2,1-7H3. The molecular formula is C20H32N2O3. The molecule has 1 heterocycles. The van der Waals surface area contributed by atoms with Gasteiger partial charge in [0.05, 0.1) is 6.04 Å². The maximum atomic E-state index is 12.1. The molecule has 1 fully saturated rings. The van der Waals surface area contributed by atoms with Crippen LogP contribution in [0.4, 0.5) is 10.5 Å². The van der Waals surface area contributed by atoms with Crippen LogP contribution in [-0.2, 0) is 4.74 Å². The molecule has 5 nitrogen and oxygen atoms in total. The fourth-order valence-electron chi connectivity index (χ4n) is 2.84. The summed E-state index contributed by atoms with van der Waals surface area (Å²) in [6.07, 6.45) is -0.228. The van der Waals surface area contributed by atoms with Gasteiger partial charge in [0.25, 0.3) is 0 Å². The van der Waals surface area contributed by atoms with E-state index in [4.69, 9.17) is 9.47 Å². The Hall–Kier alpha value is -1.91. The number of rotatable bonds is 4. The number of anilines is 1. The van der Waals surface area contributed by atoms with Crippen molar-refractivity contribution < 1.29 is 14.3 Å². The molecule has 1 aliphatic rings. The number of carbonyl (C=O) groups is 1. The zero-order chi connectivity index (χ0) is 18.8. The van der Waals surface area contributed by atoms with Crippen LogP contribution in [0.3, 0.4) is 0 Å². The van der Waals surface area contributed by atoms with E-state index in [1.807, 2.05) is 53.7 Å². The fraction of sp³-hybridized carbons (Fsp3) is 0.650. The third kappa shape index (κ3) is 5.55. The smallest absolute Gasteiger partial charge is 0.410 e. The highest BCUT2D eigenvalue weighted by Crippen LogP contribution is 2.27. The van der Waals surface area contributed by atoms with Gasteiger partial charge in [-0.3, -0.25) is 0 Å². The van der Waals surface area contributed by atoms with E-state index in [0.717, 1.165) is 18.0 Å². The molecule has 140 valence electrons. The first-order valence-electron chi connectivity index (χ1n) is 9.02. The van der Waals surface area contributed by atoms with Gasteiger partial charge in [0, 0.05) is 25.3 Å². The molecule has 1 aromatic rings. The largest absolute Gasteiger partial charge is 0.488 e. The Bertz CT molecular complexity index is 578. The van der Waals surface area contributed by atoms with Gasteiger partial charge in [-0.25, -0.2) is 4.79 Å². The first-order chi connectivity index (χ1) is 11.5. The Morgan fingerprint density at radius 2 is 1.64 bits per heavy atom. The summed E-state index contributed by atoms with van der Waals surface area (Å²) in [7, 11) is 0. The summed E-state index contributed by atoms with van der Waals surface area (Å²) >= 11 is 0. The number of benzene rings is 1. The van der Waals surface area contributed by atoms with E-state index in [-0.39, 0.29) is 11.7 Å². The molecule has 1 aliphatic heterocycles. The third-order valence-electron chi connectivity index (χ3n) is 3.89. The van der Waals surface area contributed by atoms with Crippen molar-refractivity contribution in [3.63, 3.8) is 0 Å². The number of nitrogens with zero attached hydrogens (tertiary/aromatic N) is 2. The average Bonchev–Trinajstić information content (AvgIpc) is 2.39. The Labute approximate surface area is 151 Å². The van der Waals surface area contributed by atoms with Crippen molar-refractivity contribution in [2.45, 2.75) is 65.7 Å². The van der Waals surface area contributed by atoms with Gasteiger partial charge < -0.3 is 19.3 Å². The zero-order valence-electron chi connectivity index (χ0n) is 16.6. The summed E-state index contributed by atoms with van der Waals surface area (Å²) in [6.45, 7) is 16.2. The minimum Gasteiger partial charge on any atom is -0.488 e. The van der Waals surface area contributed by atoms with Crippen LogP contribution >= 0.6 is 0 Å². The van der Waals surface area contributed by atoms with E-state index in [9.17, 15) is 4.79 Å². The lowest BCUT2D eigenvalue weighted by Crippen LogP contribution is -2.62. The Kier molecular flexibility index (Phi) is 5.55. The summed E-state index contributed by atoms with van der Waals surface area (Å²) in [4.78, 5) is 16.2. The van der Waals surface area contributed by atoms with Gasteiger partial charge >= 0.3 is 6.09 Å². The molecule has 0 bridgehead atoms. The zero-order valence-corrected chi connectivity index (χ0v) is 16.6. The quantitative estimate of drug-likeness (QED) is 0.813. The summed E-state index contributed by atoms with van der Waals surface area (Å²) in [6, 6.07) is 8.51. The number of ether oxygens (including phenoxy) is 2. The molecule has 0 aromatic heterocycles. The molecule has 2 rings (SSSR count). The van der Waals surface area contributed by atoms with Gasteiger partial charge in [0.1, 0.15) is 17.0 Å². The van der Waals surface area contributed by atoms with Gasteiger partial charge in [-0.1, -0.05) is 0 Å². The van der Waals surface area contributed by atoms with Crippen LogP contribution in [0, 0.1) is 0 Å². The normalized spacial score (nSPS) is 15.6. The Morgan fingerprint density at radius 3 is 2.08 bits per heavy atom. The third-order valence-corrected chi connectivity index (χ3v) is 3.89. The first kappa shape index (κ1) is 19.4.